The van der Waals surface area contributed by atoms with Crippen molar-refractivity contribution in [3.05, 3.63) is 75.7 Å². The third-order valence-electron chi connectivity index (χ3n) is 4.64. The molecular weight excluding hydrogens is 380 g/mol. The molecule has 1 aromatic heterocycles. The number of ether oxygens (including phenoxy) is 2. The Kier molecular flexibility index (Phi) is 3.38. The first-order valence-electron chi connectivity index (χ1n) is 8.41. The summed E-state index contributed by atoms with van der Waals surface area (Å²) in [5.41, 5.74) is -0.829. The van der Waals surface area contributed by atoms with Gasteiger partial charge >= 0.3 is 11.9 Å². The summed E-state index contributed by atoms with van der Waals surface area (Å²) in [6.45, 7) is 0. The van der Waals surface area contributed by atoms with Crippen LogP contribution in [0.5, 0.6) is 23.2 Å². The Morgan fingerprint density at radius 2 is 1.66 bits per heavy atom. The molecule has 8 nitrogen and oxygen atoms in total. The van der Waals surface area contributed by atoms with E-state index < -0.39 is 17.2 Å². The lowest BCUT2D eigenvalue weighted by molar-refractivity contribution is -0.130. The SMILES string of the molecule is O=C1Oc2cc(O)ccc2C(=O)/C1=C1/C=COc2oc3cc(O)ccc3c(=O)c21. The fourth-order valence-corrected chi connectivity index (χ4v) is 3.33. The smallest absolute Gasteiger partial charge is 0.348 e. The van der Waals surface area contributed by atoms with Crippen molar-refractivity contribution in [2.45, 2.75) is 0 Å². The van der Waals surface area contributed by atoms with Crippen molar-refractivity contribution in [2.75, 3.05) is 0 Å². The molecule has 0 amide bonds. The summed E-state index contributed by atoms with van der Waals surface area (Å²) in [5.74, 6) is -2.17. The van der Waals surface area contributed by atoms with E-state index in [2.05, 4.69) is 0 Å². The molecule has 2 N–H and O–H groups in total. The van der Waals surface area contributed by atoms with Crippen LogP contribution in [0.4, 0.5) is 0 Å². The molecular formula is C21H10O8. The highest BCUT2D eigenvalue weighted by Crippen LogP contribution is 2.38. The summed E-state index contributed by atoms with van der Waals surface area (Å²) in [7, 11) is 0. The third kappa shape index (κ3) is 2.43. The second-order valence-corrected chi connectivity index (χ2v) is 6.38. The molecule has 2 aliphatic heterocycles. The van der Waals surface area contributed by atoms with E-state index in [4.69, 9.17) is 13.9 Å². The first-order chi connectivity index (χ1) is 13.9. The predicted molar refractivity (Wildman–Crippen MR) is 98.9 cm³/mol. The van der Waals surface area contributed by atoms with Gasteiger partial charge in [0.15, 0.2) is 0 Å². The number of ketones is 1. The lowest BCUT2D eigenvalue weighted by Gasteiger charge is -2.21. The quantitative estimate of drug-likeness (QED) is 0.260. The van der Waals surface area contributed by atoms with Crippen LogP contribution in [-0.2, 0) is 4.79 Å². The lowest BCUT2D eigenvalue weighted by atomic mass is 9.91. The van der Waals surface area contributed by atoms with Gasteiger partial charge in [-0.3, -0.25) is 9.59 Å². The molecule has 0 spiro atoms. The number of hydrogen-bond acceptors (Lipinski definition) is 8. The van der Waals surface area contributed by atoms with E-state index in [9.17, 15) is 24.6 Å². The molecule has 2 aliphatic rings. The number of hydrogen-bond donors (Lipinski definition) is 2. The molecule has 5 rings (SSSR count). The molecule has 0 saturated carbocycles. The summed E-state index contributed by atoms with van der Waals surface area (Å²) in [5, 5.41) is 19.3. The number of benzene rings is 2. The van der Waals surface area contributed by atoms with Crippen molar-refractivity contribution in [3.63, 3.8) is 0 Å². The summed E-state index contributed by atoms with van der Waals surface area (Å²) in [6, 6.07) is 7.73. The van der Waals surface area contributed by atoms with Gasteiger partial charge in [-0.05, 0) is 30.3 Å². The molecule has 3 aromatic rings. The number of fused-ring (bicyclic) bond motifs is 3. The number of allylic oxidation sites excluding steroid dienone is 2. The molecule has 8 heteroatoms. The highest BCUT2D eigenvalue weighted by Gasteiger charge is 2.36. The second kappa shape index (κ2) is 5.83. The molecule has 29 heavy (non-hydrogen) atoms. The van der Waals surface area contributed by atoms with Gasteiger partial charge in [-0.1, -0.05) is 0 Å². The molecule has 0 unspecified atom stereocenters. The van der Waals surface area contributed by atoms with Gasteiger partial charge in [0.1, 0.15) is 34.0 Å². The van der Waals surface area contributed by atoms with Crippen LogP contribution in [-0.4, -0.2) is 22.0 Å². The average molecular weight is 390 g/mol. The molecule has 0 aliphatic carbocycles. The Morgan fingerprint density at radius 3 is 2.48 bits per heavy atom. The minimum atomic E-state index is -0.967. The highest BCUT2D eigenvalue weighted by atomic mass is 16.6. The zero-order chi connectivity index (χ0) is 20.3. The largest absolute Gasteiger partial charge is 0.508 e. The summed E-state index contributed by atoms with van der Waals surface area (Å²) < 4.78 is 16.0. The Hall–Kier alpha value is -4.33. The van der Waals surface area contributed by atoms with Crippen molar-refractivity contribution in [2.24, 2.45) is 0 Å². The van der Waals surface area contributed by atoms with Crippen molar-refractivity contribution in [1.82, 2.24) is 0 Å². The number of phenolic OH excluding ortho intramolecular Hbond substituents is 2. The fourth-order valence-electron chi connectivity index (χ4n) is 3.33. The van der Waals surface area contributed by atoms with Crippen molar-refractivity contribution in [3.8, 4) is 23.2 Å². The maximum absolute atomic E-state index is 13.1. The summed E-state index contributed by atoms with van der Waals surface area (Å²) >= 11 is 0. The Morgan fingerprint density at radius 1 is 0.897 bits per heavy atom. The number of Topliss-reactive ketones (excluding diaryl/α,β-unsaturated/α-hetero) is 1. The molecule has 142 valence electrons. The zero-order valence-corrected chi connectivity index (χ0v) is 14.5. The van der Waals surface area contributed by atoms with Crippen LogP contribution in [0.1, 0.15) is 15.9 Å². The average Bonchev–Trinajstić information content (AvgIpc) is 2.67. The van der Waals surface area contributed by atoms with E-state index in [0.29, 0.717) is 0 Å². The van der Waals surface area contributed by atoms with Crippen LogP contribution in [0.3, 0.4) is 0 Å². The normalized spacial score (nSPS) is 17.5. The topological polar surface area (TPSA) is 123 Å². The zero-order valence-electron chi connectivity index (χ0n) is 14.5. The van der Waals surface area contributed by atoms with Gasteiger partial charge in [0.2, 0.25) is 11.2 Å². The minimum absolute atomic E-state index is 0.00343. The molecule has 2 aromatic carbocycles. The van der Waals surface area contributed by atoms with Crippen LogP contribution in [0.25, 0.3) is 16.5 Å². The van der Waals surface area contributed by atoms with Crippen LogP contribution in [0.2, 0.25) is 0 Å². The second-order valence-electron chi connectivity index (χ2n) is 6.38. The number of rotatable bonds is 0. The summed E-state index contributed by atoms with van der Waals surface area (Å²) in [4.78, 5) is 38.6. The molecule has 0 saturated heterocycles. The Bertz CT molecular complexity index is 1370. The number of esters is 1. The number of phenols is 2. The summed E-state index contributed by atoms with van der Waals surface area (Å²) in [6.07, 6.45) is 2.49. The molecule has 0 bridgehead atoms. The van der Waals surface area contributed by atoms with E-state index in [1.165, 1.54) is 42.7 Å². The molecule has 0 fully saturated rings. The van der Waals surface area contributed by atoms with Gasteiger partial charge in [0.25, 0.3) is 0 Å². The van der Waals surface area contributed by atoms with Crippen LogP contribution in [0.15, 0.2) is 63.5 Å². The standard InChI is InChI=1S/C21H10O8/c22-9-1-3-11-14(7-9)28-20(26)16(18(11)24)13-5-6-27-21-17(13)19(25)12-4-2-10(23)8-15(12)29-21/h1-8,22-23H/b16-13+. The van der Waals surface area contributed by atoms with Gasteiger partial charge < -0.3 is 24.1 Å². The molecule has 0 radical (unpaired) electrons. The maximum atomic E-state index is 13.1. The minimum Gasteiger partial charge on any atom is -0.508 e. The molecule has 0 atom stereocenters. The predicted octanol–water partition coefficient (Wildman–Crippen LogP) is 2.67. The monoisotopic (exact) mass is 390 g/mol. The van der Waals surface area contributed by atoms with Gasteiger partial charge in [0.05, 0.1) is 17.2 Å². The number of carbonyl (C=O) groups excluding carboxylic acids is 2. The first kappa shape index (κ1) is 16.8. The van der Waals surface area contributed by atoms with Crippen LogP contribution < -0.4 is 14.9 Å². The van der Waals surface area contributed by atoms with Gasteiger partial charge in [-0.25, -0.2) is 4.79 Å². The number of carbonyl (C=O) groups is 2. The van der Waals surface area contributed by atoms with Crippen LogP contribution in [0, 0.1) is 0 Å². The Balaban J connectivity index is 1.80. The van der Waals surface area contributed by atoms with Crippen LogP contribution >= 0.6 is 0 Å². The van der Waals surface area contributed by atoms with Crippen molar-refractivity contribution in [1.29, 1.82) is 0 Å². The van der Waals surface area contributed by atoms with E-state index in [0.717, 1.165) is 6.07 Å². The van der Waals surface area contributed by atoms with Crippen molar-refractivity contribution >= 4 is 28.3 Å². The number of aromatic hydroxyl groups is 2. The van der Waals surface area contributed by atoms with E-state index >= 15 is 0 Å². The fraction of sp³-hybridized carbons (Fsp3) is 0. The van der Waals surface area contributed by atoms with Gasteiger partial charge in [-0.15, -0.1) is 0 Å². The third-order valence-corrected chi connectivity index (χ3v) is 4.64. The van der Waals surface area contributed by atoms with E-state index in [1.54, 1.807) is 0 Å². The van der Waals surface area contributed by atoms with Gasteiger partial charge in [-0.2, -0.15) is 0 Å². The lowest BCUT2D eigenvalue weighted by Crippen LogP contribution is -2.27. The highest BCUT2D eigenvalue weighted by molar-refractivity contribution is 6.32. The Labute approximate surface area is 161 Å². The van der Waals surface area contributed by atoms with E-state index in [1.807, 2.05) is 0 Å². The maximum Gasteiger partial charge on any atom is 0.348 e. The van der Waals surface area contributed by atoms with Crippen molar-refractivity contribution < 1.29 is 33.7 Å². The first-order valence-corrected chi connectivity index (χ1v) is 8.41. The van der Waals surface area contributed by atoms with E-state index in [-0.39, 0.29) is 56.4 Å². The molecule has 3 heterocycles. The van der Waals surface area contributed by atoms with Gasteiger partial charge in [0, 0.05) is 17.7 Å².